The van der Waals surface area contributed by atoms with Crippen molar-refractivity contribution in [1.29, 1.82) is 5.26 Å². The van der Waals surface area contributed by atoms with Gasteiger partial charge in [-0.05, 0) is 31.2 Å². The molecule has 0 saturated carbocycles. The average Bonchev–Trinajstić information content (AvgIpc) is 3.16. The molecule has 1 atom stereocenters. The fraction of sp³-hybridized carbons (Fsp3) is 0.211. The molecule has 1 aliphatic heterocycles. The fourth-order valence-electron chi connectivity index (χ4n) is 2.64. The lowest BCUT2D eigenvalue weighted by Gasteiger charge is -2.23. The summed E-state index contributed by atoms with van der Waals surface area (Å²) in [5.41, 5.74) is 2.22. The fourth-order valence-corrected chi connectivity index (χ4v) is 3.51. The number of nitriles is 1. The van der Waals surface area contributed by atoms with Crippen molar-refractivity contribution in [1.82, 2.24) is 5.32 Å². The van der Waals surface area contributed by atoms with Crippen molar-refractivity contribution in [3.63, 3.8) is 0 Å². The van der Waals surface area contributed by atoms with E-state index in [2.05, 4.69) is 16.7 Å². The summed E-state index contributed by atoms with van der Waals surface area (Å²) in [5, 5.41) is 15.4. The van der Waals surface area contributed by atoms with E-state index in [0.717, 1.165) is 17.3 Å². The maximum absolute atomic E-state index is 12.2. The third kappa shape index (κ3) is 4.16. The quantitative estimate of drug-likeness (QED) is 0.845. The van der Waals surface area contributed by atoms with Crippen LogP contribution in [-0.4, -0.2) is 17.6 Å². The third-order valence-corrected chi connectivity index (χ3v) is 4.94. The number of hydrogen-bond acceptors (Lipinski definition) is 5. The second-order valence-corrected chi connectivity index (χ2v) is 6.86. The van der Waals surface area contributed by atoms with E-state index < -0.39 is 5.92 Å². The maximum atomic E-state index is 12.2. The van der Waals surface area contributed by atoms with Crippen LogP contribution in [0.4, 0.5) is 5.69 Å². The van der Waals surface area contributed by atoms with E-state index in [4.69, 9.17) is 4.42 Å². The van der Waals surface area contributed by atoms with Crippen molar-refractivity contribution < 1.29 is 14.0 Å². The van der Waals surface area contributed by atoms with Gasteiger partial charge in [-0.1, -0.05) is 29.5 Å². The first-order valence-electron chi connectivity index (χ1n) is 8.03. The minimum atomic E-state index is -0.425. The summed E-state index contributed by atoms with van der Waals surface area (Å²) in [6.07, 6.45) is 1.66. The van der Waals surface area contributed by atoms with Crippen LogP contribution >= 0.6 is 11.8 Å². The first-order valence-corrected chi connectivity index (χ1v) is 9.02. The number of benzene rings is 1. The second-order valence-electron chi connectivity index (χ2n) is 5.88. The molecule has 2 heterocycles. The zero-order valence-electron chi connectivity index (χ0n) is 14.1. The molecule has 7 heteroatoms. The molecule has 0 unspecified atom stereocenters. The van der Waals surface area contributed by atoms with Gasteiger partial charge in [0.15, 0.2) is 0 Å². The number of hydrogen-bond donors (Lipinski definition) is 2. The van der Waals surface area contributed by atoms with E-state index >= 15 is 0 Å². The summed E-state index contributed by atoms with van der Waals surface area (Å²) in [7, 11) is 0. The number of rotatable bonds is 5. The van der Waals surface area contributed by atoms with E-state index in [0.29, 0.717) is 22.0 Å². The van der Waals surface area contributed by atoms with Crippen molar-refractivity contribution in [2.75, 3.05) is 11.1 Å². The zero-order chi connectivity index (χ0) is 18.5. The average molecular weight is 367 g/mol. The van der Waals surface area contributed by atoms with Gasteiger partial charge in [0.1, 0.15) is 5.76 Å². The highest BCUT2D eigenvalue weighted by atomic mass is 32.2. The van der Waals surface area contributed by atoms with Crippen LogP contribution < -0.4 is 10.6 Å². The maximum Gasteiger partial charge on any atom is 0.234 e. The standard InChI is InChI=1S/C19H17N3O3S/c1-12-4-6-13(7-5-12)21-18(24)11-26-19-15(10-20)14(9-17(23)22-19)16-3-2-8-25-16/h2-8,14H,9,11H2,1H3,(H,21,24)(H,22,23)/t14-/m0/s1. The lowest BCUT2D eigenvalue weighted by atomic mass is 9.92. The molecule has 6 nitrogen and oxygen atoms in total. The number of anilines is 1. The van der Waals surface area contributed by atoms with E-state index in [1.54, 1.807) is 12.1 Å². The van der Waals surface area contributed by atoms with Gasteiger partial charge >= 0.3 is 0 Å². The Balaban J connectivity index is 1.70. The number of aryl methyl sites for hydroxylation is 1. The van der Waals surface area contributed by atoms with Gasteiger partial charge in [-0.25, -0.2) is 0 Å². The molecule has 0 radical (unpaired) electrons. The summed E-state index contributed by atoms with van der Waals surface area (Å²) in [6.45, 7) is 1.97. The van der Waals surface area contributed by atoms with Gasteiger partial charge in [-0.2, -0.15) is 5.26 Å². The Labute approximate surface area is 155 Å². The van der Waals surface area contributed by atoms with Crippen LogP contribution in [0.1, 0.15) is 23.7 Å². The molecule has 3 rings (SSSR count). The number of amides is 2. The Hall–Kier alpha value is -2.98. The molecular formula is C19H17N3O3S. The van der Waals surface area contributed by atoms with E-state index in [1.165, 1.54) is 6.26 Å². The van der Waals surface area contributed by atoms with Gasteiger partial charge in [0.25, 0.3) is 0 Å². The predicted octanol–water partition coefficient (Wildman–Crippen LogP) is 3.30. The molecule has 0 fully saturated rings. The molecule has 0 aliphatic carbocycles. The Kier molecular flexibility index (Phi) is 5.44. The molecule has 26 heavy (non-hydrogen) atoms. The first kappa shape index (κ1) is 17.8. The van der Waals surface area contributed by atoms with E-state index in [1.807, 2.05) is 31.2 Å². The van der Waals surface area contributed by atoms with Crippen LogP contribution in [0.25, 0.3) is 0 Å². The molecule has 1 aromatic heterocycles. The van der Waals surface area contributed by atoms with Crippen molar-refractivity contribution >= 4 is 29.3 Å². The molecule has 0 bridgehead atoms. The molecule has 0 saturated heterocycles. The monoisotopic (exact) mass is 367 g/mol. The highest BCUT2D eigenvalue weighted by Crippen LogP contribution is 2.36. The van der Waals surface area contributed by atoms with Crippen LogP contribution in [-0.2, 0) is 9.59 Å². The minimum Gasteiger partial charge on any atom is -0.469 e. The van der Waals surface area contributed by atoms with Crippen molar-refractivity contribution in [2.24, 2.45) is 0 Å². The van der Waals surface area contributed by atoms with Crippen LogP contribution in [0.5, 0.6) is 0 Å². The highest BCUT2D eigenvalue weighted by molar-refractivity contribution is 8.03. The number of thioether (sulfide) groups is 1. The molecule has 1 aliphatic rings. The summed E-state index contributed by atoms with van der Waals surface area (Å²) in [6, 6.07) is 13.1. The number of carbonyl (C=O) groups is 2. The van der Waals surface area contributed by atoms with Crippen LogP contribution in [0, 0.1) is 18.3 Å². The molecule has 132 valence electrons. The first-order chi connectivity index (χ1) is 12.6. The predicted molar refractivity (Wildman–Crippen MR) is 99.1 cm³/mol. The molecular weight excluding hydrogens is 350 g/mol. The summed E-state index contributed by atoms with van der Waals surface area (Å²) < 4.78 is 5.36. The second kappa shape index (κ2) is 7.93. The summed E-state index contributed by atoms with van der Waals surface area (Å²) in [5.74, 6) is -0.186. The smallest absolute Gasteiger partial charge is 0.234 e. The van der Waals surface area contributed by atoms with Gasteiger partial charge < -0.3 is 15.1 Å². The third-order valence-electron chi connectivity index (χ3n) is 3.93. The molecule has 0 spiro atoms. The topological polar surface area (TPSA) is 95.1 Å². The normalized spacial score (nSPS) is 16.8. The van der Waals surface area contributed by atoms with Crippen LogP contribution in [0.2, 0.25) is 0 Å². The Morgan fingerprint density at radius 1 is 1.38 bits per heavy atom. The molecule has 1 aromatic carbocycles. The van der Waals surface area contributed by atoms with E-state index in [9.17, 15) is 14.9 Å². The molecule has 2 N–H and O–H groups in total. The number of nitrogens with zero attached hydrogens (tertiary/aromatic N) is 1. The summed E-state index contributed by atoms with van der Waals surface area (Å²) in [4.78, 5) is 24.2. The number of furan rings is 1. The van der Waals surface area contributed by atoms with Crippen LogP contribution in [0.15, 0.2) is 57.7 Å². The minimum absolute atomic E-state index is 0.0829. The lowest BCUT2D eigenvalue weighted by molar-refractivity contribution is -0.121. The van der Waals surface area contributed by atoms with Gasteiger partial charge in [-0.15, -0.1) is 0 Å². The number of nitrogens with one attached hydrogen (secondary N) is 2. The van der Waals surface area contributed by atoms with Gasteiger partial charge in [0.2, 0.25) is 11.8 Å². The van der Waals surface area contributed by atoms with Gasteiger partial charge in [0, 0.05) is 12.1 Å². The largest absolute Gasteiger partial charge is 0.469 e. The highest BCUT2D eigenvalue weighted by Gasteiger charge is 2.31. The number of allylic oxidation sites excluding steroid dienone is 1. The Bertz CT molecular complexity index is 880. The molecule has 2 amide bonds. The van der Waals surface area contributed by atoms with Gasteiger partial charge in [-0.3, -0.25) is 9.59 Å². The van der Waals surface area contributed by atoms with Crippen molar-refractivity contribution in [2.45, 2.75) is 19.3 Å². The SMILES string of the molecule is Cc1ccc(NC(=O)CSC2=C(C#N)[C@@H](c3ccco3)CC(=O)N2)cc1. The Morgan fingerprint density at radius 2 is 2.15 bits per heavy atom. The van der Waals surface area contributed by atoms with Crippen molar-refractivity contribution in [3.8, 4) is 6.07 Å². The van der Waals surface area contributed by atoms with Gasteiger partial charge in [0.05, 0.1) is 34.6 Å². The summed E-state index contributed by atoms with van der Waals surface area (Å²) >= 11 is 1.14. The zero-order valence-corrected chi connectivity index (χ0v) is 14.9. The number of carbonyl (C=O) groups excluding carboxylic acids is 2. The molecule has 2 aromatic rings. The Morgan fingerprint density at radius 3 is 2.81 bits per heavy atom. The lowest BCUT2D eigenvalue weighted by Crippen LogP contribution is -2.31. The van der Waals surface area contributed by atoms with Crippen molar-refractivity contribution in [3.05, 3.63) is 64.6 Å². The van der Waals surface area contributed by atoms with Crippen LogP contribution in [0.3, 0.4) is 0 Å². The van der Waals surface area contributed by atoms with E-state index in [-0.39, 0.29) is 24.0 Å².